The summed E-state index contributed by atoms with van der Waals surface area (Å²) >= 11 is 0. The predicted molar refractivity (Wildman–Crippen MR) is 484 cm³/mol. The van der Waals surface area contributed by atoms with Gasteiger partial charge in [0.15, 0.2) is 34.9 Å². The Balaban J connectivity index is 0.000000144. The van der Waals surface area contributed by atoms with Gasteiger partial charge in [-0.15, -0.1) is 0 Å². The fourth-order valence-electron chi connectivity index (χ4n) is 19.8. The first-order valence-electron chi connectivity index (χ1n) is 41.3. The van der Waals surface area contributed by atoms with Gasteiger partial charge in [-0.1, -0.05) is 372 Å². The molecule has 1 fully saturated rings. The third-order valence-electron chi connectivity index (χ3n) is 25.6. The third kappa shape index (κ3) is 12.2. The molecule has 558 valence electrons. The lowest BCUT2D eigenvalue weighted by Crippen LogP contribution is -2.20. The average molecular weight is 1510 g/mol. The van der Waals surface area contributed by atoms with Crippen LogP contribution in [0, 0.1) is 0 Å². The molecule has 6 heteroatoms. The van der Waals surface area contributed by atoms with Crippen molar-refractivity contribution in [1.29, 1.82) is 0 Å². The van der Waals surface area contributed by atoms with Gasteiger partial charge in [-0.2, -0.15) is 0 Å². The zero-order chi connectivity index (χ0) is 78.4. The second kappa shape index (κ2) is 28.8. The summed E-state index contributed by atoms with van der Waals surface area (Å²) in [5, 5.41) is 0. The fraction of sp³-hybridized carbons (Fsp3) is 0.0893. The van der Waals surface area contributed by atoms with Crippen LogP contribution in [0.3, 0.4) is 0 Å². The standard InChI is InChI=1S/C61H43N3.C51H37N3/c1-61(2)56-28-10-9-23-52(56)53-34-33-45(37-57(53)61)49-25-14-27-51-50-26-13-24-48(54(50)38-55(49)51)44-20-12-22-47(36-44)60-63-58(42-17-7-4-8-18-42)62-59(64-60)46-21-11-19-43(35-46)41-31-29-40(30-32-41)39-15-5-3-6-16-39;1-3-14-33(15-4-1)48-52-49(34-16-5-2-6-17-34)54-50(53-48)37-19-11-18-35(30-37)38-21-12-23-40-41-24-13-22-39(45(41)32-44(38)40)36-26-27-43-42-20-7-8-25-46(42)51(47(43)31-36)28-9-10-29-51/h3-37H,38H2,1-2H3;1-8,11-27,30-31H,9-10,28-29,32H2. The van der Waals surface area contributed by atoms with Gasteiger partial charge in [0.05, 0.1) is 0 Å². The highest BCUT2D eigenvalue weighted by molar-refractivity contribution is 5.95. The van der Waals surface area contributed by atoms with Gasteiger partial charge < -0.3 is 0 Å². The van der Waals surface area contributed by atoms with Gasteiger partial charge in [-0.3, -0.25) is 0 Å². The van der Waals surface area contributed by atoms with E-state index in [2.05, 4.69) is 329 Å². The Morgan fingerprint density at radius 2 is 0.432 bits per heavy atom. The Labute approximate surface area is 688 Å². The maximum absolute atomic E-state index is 5.20. The molecule has 18 aromatic rings. The van der Waals surface area contributed by atoms with E-state index in [-0.39, 0.29) is 10.8 Å². The van der Waals surface area contributed by atoms with E-state index in [0.717, 1.165) is 62.9 Å². The number of nitrogens with zero attached hydrogens (tertiary/aromatic N) is 6. The Bertz CT molecular complexity index is 6940. The lowest BCUT2D eigenvalue weighted by Gasteiger charge is -2.27. The molecular weight excluding hydrogens is 1430 g/mol. The van der Waals surface area contributed by atoms with Crippen molar-refractivity contribution in [2.75, 3.05) is 0 Å². The van der Waals surface area contributed by atoms with Gasteiger partial charge in [0.1, 0.15) is 0 Å². The van der Waals surface area contributed by atoms with Crippen LogP contribution >= 0.6 is 0 Å². The summed E-state index contributed by atoms with van der Waals surface area (Å²) in [6.45, 7) is 4.72. The van der Waals surface area contributed by atoms with Crippen molar-refractivity contribution in [3.05, 3.63) is 421 Å². The van der Waals surface area contributed by atoms with Crippen molar-refractivity contribution in [2.24, 2.45) is 0 Å². The molecule has 0 radical (unpaired) electrons. The van der Waals surface area contributed by atoms with Crippen molar-refractivity contribution < 1.29 is 0 Å². The number of aromatic nitrogens is 6. The van der Waals surface area contributed by atoms with Gasteiger partial charge >= 0.3 is 0 Å². The lowest BCUT2D eigenvalue weighted by molar-refractivity contribution is 0.550. The van der Waals surface area contributed by atoms with E-state index < -0.39 is 0 Å². The summed E-state index contributed by atoms with van der Waals surface area (Å²) in [5.41, 5.74) is 42.8. The van der Waals surface area contributed by atoms with E-state index >= 15 is 0 Å². The van der Waals surface area contributed by atoms with E-state index in [9.17, 15) is 0 Å². The maximum atomic E-state index is 5.20. The Morgan fingerprint density at radius 3 is 0.856 bits per heavy atom. The topological polar surface area (TPSA) is 77.3 Å². The van der Waals surface area contributed by atoms with E-state index in [1.807, 2.05) is 60.7 Å². The highest BCUT2D eigenvalue weighted by Gasteiger charge is 2.45. The Hall–Kier alpha value is -14.5. The van der Waals surface area contributed by atoms with Crippen molar-refractivity contribution in [3.8, 4) is 180 Å². The normalized spacial score (nSPS) is 13.6. The van der Waals surface area contributed by atoms with Crippen molar-refractivity contribution >= 4 is 0 Å². The molecule has 0 bridgehead atoms. The lowest BCUT2D eigenvalue weighted by atomic mass is 9.76. The minimum Gasteiger partial charge on any atom is -0.208 e. The molecular formula is C112H80N6. The molecule has 2 heterocycles. The monoisotopic (exact) mass is 1510 g/mol. The van der Waals surface area contributed by atoms with E-state index in [4.69, 9.17) is 29.9 Å². The van der Waals surface area contributed by atoms with Crippen LogP contribution < -0.4 is 0 Å². The zero-order valence-corrected chi connectivity index (χ0v) is 65.7. The van der Waals surface area contributed by atoms with E-state index in [1.54, 1.807) is 0 Å². The van der Waals surface area contributed by atoms with Crippen LogP contribution in [0.15, 0.2) is 376 Å². The SMILES string of the molecule is CC1(C)c2ccccc2-c2ccc(-c3cccc4c3Cc3c(-c5cccc(-c6nc(-c7ccccc7)nc(-c7cccc(-c8ccc(-c9ccccc9)cc8)c7)n6)c5)cccc3-4)cc21.c1ccc(-c2nc(-c3ccccc3)nc(-c3cccc(-c4cccc5c4Cc4c(-c6ccc7c(c6)C6(CCCC6)c6ccccc6-7)cccc4-5)c3)n2)cc1. The molecule has 0 N–H and O–H groups in total. The molecule has 5 aliphatic carbocycles. The zero-order valence-electron chi connectivity index (χ0n) is 65.7. The van der Waals surface area contributed by atoms with Crippen molar-refractivity contribution in [3.63, 3.8) is 0 Å². The van der Waals surface area contributed by atoms with Crippen LogP contribution in [-0.2, 0) is 23.7 Å². The summed E-state index contributed by atoms with van der Waals surface area (Å²) in [7, 11) is 0. The van der Waals surface area contributed by atoms with Crippen molar-refractivity contribution in [2.45, 2.75) is 63.2 Å². The van der Waals surface area contributed by atoms with E-state index in [0.29, 0.717) is 34.9 Å². The smallest absolute Gasteiger partial charge is 0.164 e. The number of fused-ring (bicyclic) bond motifs is 14. The summed E-state index contributed by atoms with van der Waals surface area (Å²) in [4.78, 5) is 30.4. The second-order valence-electron chi connectivity index (χ2n) is 32.6. The highest BCUT2D eigenvalue weighted by atomic mass is 15.0. The summed E-state index contributed by atoms with van der Waals surface area (Å²) in [6.07, 6.45) is 6.84. The molecule has 1 saturated carbocycles. The number of benzene rings is 16. The quantitative estimate of drug-likeness (QED) is 0.121. The first-order chi connectivity index (χ1) is 58.2. The first kappa shape index (κ1) is 70.2. The van der Waals surface area contributed by atoms with Crippen LogP contribution in [-0.4, -0.2) is 29.9 Å². The molecule has 0 saturated heterocycles. The van der Waals surface area contributed by atoms with Crippen LogP contribution in [0.5, 0.6) is 0 Å². The Kier molecular flexibility index (Phi) is 17.1. The molecule has 118 heavy (non-hydrogen) atoms. The molecule has 2 aromatic heterocycles. The van der Waals surface area contributed by atoms with Gasteiger partial charge in [-0.25, -0.2) is 29.9 Å². The molecule has 0 unspecified atom stereocenters. The molecule has 16 aromatic carbocycles. The van der Waals surface area contributed by atoms with Gasteiger partial charge in [-0.05, 0) is 212 Å². The molecule has 23 rings (SSSR count). The molecule has 0 amide bonds. The average Bonchev–Trinajstić information content (AvgIpc) is 1.55. The maximum Gasteiger partial charge on any atom is 0.164 e. The number of hydrogen-bond acceptors (Lipinski definition) is 6. The van der Waals surface area contributed by atoms with Crippen LogP contribution in [0.25, 0.3) is 180 Å². The van der Waals surface area contributed by atoms with E-state index in [1.165, 1.54) is 165 Å². The predicted octanol–water partition coefficient (Wildman–Crippen LogP) is 28.0. The summed E-state index contributed by atoms with van der Waals surface area (Å²) in [5.74, 6) is 3.93. The molecule has 0 atom stereocenters. The fourth-order valence-corrected chi connectivity index (χ4v) is 19.8. The van der Waals surface area contributed by atoms with Crippen LogP contribution in [0.1, 0.15) is 84.0 Å². The van der Waals surface area contributed by atoms with Gasteiger partial charge in [0, 0.05) is 44.2 Å². The molecule has 1 spiro atoms. The summed E-state index contributed by atoms with van der Waals surface area (Å²) in [6, 6.07) is 135. The van der Waals surface area contributed by atoms with Crippen LogP contribution in [0.4, 0.5) is 0 Å². The molecule has 5 aliphatic rings. The molecule has 6 nitrogen and oxygen atoms in total. The summed E-state index contributed by atoms with van der Waals surface area (Å²) < 4.78 is 0. The van der Waals surface area contributed by atoms with Crippen molar-refractivity contribution in [1.82, 2.24) is 29.9 Å². The van der Waals surface area contributed by atoms with Gasteiger partial charge in [0.2, 0.25) is 0 Å². The third-order valence-corrected chi connectivity index (χ3v) is 25.6. The largest absolute Gasteiger partial charge is 0.208 e. The number of hydrogen-bond donors (Lipinski definition) is 0. The minimum absolute atomic E-state index is 0.0534. The van der Waals surface area contributed by atoms with Gasteiger partial charge in [0.25, 0.3) is 0 Å². The second-order valence-corrected chi connectivity index (χ2v) is 32.6. The first-order valence-corrected chi connectivity index (χ1v) is 41.3. The molecule has 0 aliphatic heterocycles. The Morgan fingerprint density at radius 1 is 0.178 bits per heavy atom. The minimum atomic E-state index is -0.0534. The highest BCUT2D eigenvalue weighted by Crippen LogP contribution is 2.59. The number of rotatable bonds is 12. The van der Waals surface area contributed by atoms with Crippen LogP contribution in [0.2, 0.25) is 0 Å².